The van der Waals surface area contributed by atoms with Crippen LogP contribution in [0.1, 0.15) is 36.0 Å². The summed E-state index contributed by atoms with van der Waals surface area (Å²) in [6.07, 6.45) is 2.57. The Morgan fingerprint density at radius 3 is 2.82 bits per heavy atom. The minimum atomic E-state index is -0.667. The summed E-state index contributed by atoms with van der Waals surface area (Å²) in [5.41, 5.74) is 6.76. The highest BCUT2D eigenvalue weighted by molar-refractivity contribution is 5.81. The SMILES string of the molecule is N[C@@H](Cc1ccc(O)cc1)C(=O)NCc1noc(C2CC2)n1. The van der Waals surface area contributed by atoms with Gasteiger partial charge in [0.1, 0.15) is 5.75 Å². The van der Waals surface area contributed by atoms with Gasteiger partial charge in [-0.1, -0.05) is 17.3 Å². The van der Waals surface area contributed by atoms with Gasteiger partial charge in [-0.3, -0.25) is 4.79 Å². The number of nitrogens with one attached hydrogen (secondary N) is 1. The summed E-state index contributed by atoms with van der Waals surface area (Å²) in [6.45, 7) is 0.207. The molecule has 1 heterocycles. The van der Waals surface area contributed by atoms with Gasteiger partial charge < -0.3 is 20.7 Å². The molecule has 1 aromatic heterocycles. The predicted molar refractivity (Wildman–Crippen MR) is 77.9 cm³/mol. The van der Waals surface area contributed by atoms with E-state index >= 15 is 0 Å². The maximum Gasteiger partial charge on any atom is 0.237 e. The molecule has 0 bridgehead atoms. The normalized spacial score (nSPS) is 15.5. The van der Waals surface area contributed by atoms with E-state index in [0.29, 0.717) is 24.1 Å². The lowest BCUT2D eigenvalue weighted by Crippen LogP contribution is -2.41. The third kappa shape index (κ3) is 3.62. The fourth-order valence-electron chi connectivity index (χ4n) is 2.11. The molecule has 1 saturated carbocycles. The van der Waals surface area contributed by atoms with Crippen LogP contribution in [0.25, 0.3) is 0 Å². The van der Waals surface area contributed by atoms with Crippen LogP contribution in [-0.2, 0) is 17.8 Å². The number of phenols is 1. The third-order valence-corrected chi connectivity index (χ3v) is 3.56. The Bertz CT molecular complexity index is 649. The van der Waals surface area contributed by atoms with E-state index in [2.05, 4.69) is 15.5 Å². The molecule has 0 unspecified atom stereocenters. The molecule has 1 atom stereocenters. The molecule has 0 saturated heterocycles. The standard InChI is InChI=1S/C15H18N4O3/c16-12(7-9-1-5-11(20)6-2-9)14(21)17-8-13-18-15(22-19-13)10-3-4-10/h1-2,5-6,10,12,20H,3-4,7-8,16H2,(H,17,21)/t12-/m0/s1. The van der Waals surface area contributed by atoms with Gasteiger partial charge in [-0.15, -0.1) is 0 Å². The van der Waals surface area contributed by atoms with E-state index in [9.17, 15) is 9.90 Å². The molecule has 0 radical (unpaired) electrons. The second kappa shape index (κ2) is 6.15. The summed E-state index contributed by atoms with van der Waals surface area (Å²) >= 11 is 0. The lowest BCUT2D eigenvalue weighted by atomic mass is 10.1. The quantitative estimate of drug-likeness (QED) is 0.728. The van der Waals surface area contributed by atoms with Crippen molar-refractivity contribution in [2.45, 2.75) is 37.8 Å². The molecule has 4 N–H and O–H groups in total. The zero-order chi connectivity index (χ0) is 15.5. The maximum absolute atomic E-state index is 12.0. The largest absolute Gasteiger partial charge is 0.508 e. The zero-order valence-electron chi connectivity index (χ0n) is 12.0. The van der Waals surface area contributed by atoms with Crippen molar-refractivity contribution >= 4 is 5.91 Å². The monoisotopic (exact) mass is 302 g/mol. The average Bonchev–Trinajstić information content (AvgIpc) is 3.26. The molecular formula is C15H18N4O3. The van der Waals surface area contributed by atoms with Crippen LogP contribution in [0.4, 0.5) is 0 Å². The van der Waals surface area contributed by atoms with Crippen molar-refractivity contribution in [1.29, 1.82) is 0 Å². The first-order chi connectivity index (χ1) is 10.6. The molecule has 2 aromatic rings. The van der Waals surface area contributed by atoms with Gasteiger partial charge in [0.2, 0.25) is 11.8 Å². The van der Waals surface area contributed by atoms with E-state index in [1.807, 2.05) is 0 Å². The van der Waals surface area contributed by atoms with Gasteiger partial charge in [-0.25, -0.2) is 0 Å². The number of carbonyl (C=O) groups excluding carboxylic acids is 1. The van der Waals surface area contributed by atoms with Crippen LogP contribution < -0.4 is 11.1 Å². The molecule has 1 amide bonds. The number of rotatable bonds is 6. The number of nitrogens with zero attached hydrogens (tertiary/aromatic N) is 2. The van der Waals surface area contributed by atoms with Gasteiger partial charge in [-0.05, 0) is 37.0 Å². The molecule has 7 nitrogen and oxygen atoms in total. The predicted octanol–water partition coefficient (Wildman–Crippen LogP) is 0.839. The number of nitrogens with two attached hydrogens (primary N) is 1. The van der Waals surface area contributed by atoms with Crippen LogP contribution in [0, 0.1) is 0 Å². The lowest BCUT2D eigenvalue weighted by molar-refractivity contribution is -0.122. The number of benzene rings is 1. The second-order valence-corrected chi connectivity index (χ2v) is 5.52. The minimum Gasteiger partial charge on any atom is -0.508 e. The van der Waals surface area contributed by atoms with Crippen LogP contribution in [0.2, 0.25) is 0 Å². The first-order valence-electron chi connectivity index (χ1n) is 7.25. The van der Waals surface area contributed by atoms with Gasteiger partial charge in [0.15, 0.2) is 5.82 Å². The van der Waals surface area contributed by atoms with Crippen molar-refractivity contribution in [3.8, 4) is 5.75 Å². The summed E-state index contributed by atoms with van der Waals surface area (Å²) < 4.78 is 5.12. The van der Waals surface area contributed by atoms with Crippen LogP contribution in [0.15, 0.2) is 28.8 Å². The molecule has 22 heavy (non-hydrogen) atoms. The number of phenolic OH excluding ortho intramolecular Hbond substituents is 1. The van der Waals surface area contributed by atoms with Gasteiger partial charge in [0.05, 0.1) is 12.6 Å². The average molecular weight is 302 g/mol. The van der Waals surface area contributed by atoms with Crippen molar-refractivity contribution in [3.05, 3.63) is 41.5 Å². The van der Waals surface area contributed by atoms with E-state index in [1.54, 1.807) is 24.3 Å². The van der Waals surface area contributed by atoms with E-state index in [4.69, 9.17) is 10.3 Å². The number of aromatic nitrogens is 2. The Hall–Kier alpha value is -2.41. The molecular weight excluding hydrogens is 284 g/mol. The van der Waals surface area contributed by atoms with Crippen LogP contribution in [0.5, 0.6) is 5.75 Å². The first kappa shape index (κ1) is 14.5. The topological polar surface area (TPSA) is 114 Å². The Kier molecular flexibility index (Phi) is 4.06. The number of hydrogen-bond acceptors (Lipinski definition) is 6. The Balaban J connectivity index is 1.48. The van der Waals surface area contributed by atoms with Crippen molar-refractivity contribution in [2.24, 2.45) is 5.73 Å². The molecule has 1 aromatic carbocycles. The highest BCUT2D eigenvalue weighted by atomic mass is 16.5. The van der Waals surface area contributed by atoms with Crippen molar-refractivity contribution in [2.75, 3.05) is 0 Å². The fraction of sp³-hybridized carbons (Fsp3) is 0.400. The Morgan fingerprint density at radius 2 is 2.14 bits per heavy atom. The summed E-state index contributed by atoms with van der Waals surface area (Å²) in [4.78, 5) is 16.2. The molecule has 3 rings (SSSR count). The fourth-order valence-corrected chi connectivity index (χ4v) is 2.11. The van der Waals surface area contributed by atoms with Crippen LogP contribution in [-0.4, -0.2) is 27.2 Å². The minimum absolute atomic E-state index is 0.186. The number of aromatic hydroxyl groups is 1. The van der Waals surface area contributed by atoms with Gasteiger partial charge in [0.25, 0.3) is 0 Å². The van der Waals surface area contributed by atoms with Crippen molar-refractivity contribution in [1.82, 2.24) is 15.5 Å². The summed E-state index contributed by atoms with van der Waals surface area (Å²) in [5.74, 6) is 1.43. The molecule has 1 aliphatic rings. The van der Waals surface area contributed by atoms with Crippen molar-refractivity contribution in [3.63, 3.8) is 0 Å². The molecule has 0 spiro atoms. The van der Waals surface area contributed by atoms with Crippen LogP contribution in [0.3, 0.4) is 0 Å². The van der Waals surface area contributed by atoms with Gasteiger partial charge in [-0.2, -0.15) is 4.98 Å². The smallest absolute Gasteiger partial charge is 0.237 e. The first-order valence-corrected chi connectivity index (χ1v) is 7.25. The van der Waals surface area contributed by atoms with Gasteiger partial charge >= 0.3 is 0 Å². The van der Waals surface area contributed by atoms with Gasteiger partial charge in [0, 0.05) is 5.92 Å². The number of amides is 1. The molecule has 1 aliphatic carbocycles. The van der Waals surface area contributed by atoms with Crippen molar-refractivity contribution < 1.29 is 14.4 Å². The van der Waals surface area contributed by atoms with E-state index in [0.717, 1.165) is 18.4 Å². The lowest BCUT2D eigenvalue weighted by Gasteiger charge is -2.11. The molecule has 7 heteroatoms. The molecule has 1 fully saturated rings. The highest BCUT2D eigenvalue weighted by Gasteiger charge is 2.29. The number of hydrogen-bond donors (Lipinski definition) is 3. The molecule has 116 valence electrons. The van der Waals surface area contributed by atoms with Crippen LogP contribution >= 0.6 is 0 Å². The molecule has 0 aliphatic heterocycles. The Morgan fingerprint density at radius 1 is 1.41 bits per heavy atom. The maximum atomic E-state index is 12.0. The second-order valence-electron chi connectivity index (χ2n) is 5.52. The summed E-state index contributed by atoms with van der Waals surface area (Å²) in [6, 6.07) is 5.95. The third-order valence-electron chi connectivity index (χ3n) is 3.56. The Labute approximate surface area is 127 Å². The zero-order valence-corrected chi connectivity index (χ0v) is 12.0. The number of carbonyl (C=O) groups is 1. The van der Waals surface area contributed by atoms with E-state index in [1.165, 1.54) is 0 Å². The summed E-state index contributed by atoms with van der Waals surface area (Å²) in [5, 5.41) is 15.8. The highest BCUT2D eigenvalue weighted by Crippen LogP contribution is 2.38. The van der Waals surface area contributed by atoms with E-state index in [-0.39, 0.29) is 18.2 Å². The summed E-state index contributed by atoms with van der Waals surface area (Å²) in [7, 11) is 0. The van der Waals surface area contributed by atoms with E-state index < -0.39 is 6.04 Å².